The molecule has 0 aliphatic heterocycles. The van der Waals surface area contributed by atoms with Gasteiger partial charge in [0, 0.05) is 19.8 Å². The van der Waals surface area contributed by atoms with Crippen LogP contribution in [0.5, 0.6) is 0 Å². The van der Waals surface area contributed by atoms with Crippen molar-refractivity contribution in [1.82, 2.24) is 4.98 Å². The Morgan fingerprint density at radius 3 is 2.86 bits per heavy atom. The van der Waals surface area contributed by atoms with Gasteiger partial charge in [0.15, 0.2) is 0 Å². The van der Waals surface area contributed by atoms with Gasteiger partial charge in [0.2, 0.25) is 0 Å². The second-order valence-corrected chi connectivity index (χ2v) is 4.56. The number of hydrogen-bond donors (Lipinski definition) is 0. The molecule has 78 valence electrons. The minimum Gasteiger partial charge on any atom is -0.358 e. The maximum absolute atomic E-state index is 4.34. The molecule has 0 aliphatic carbocycles. The SMILES string of the molecule is CCC(C)CN(C)c1ncccc1Br. The van der Waals surface area contributed by atoms with Crippen molar-refractivity contribution in [3.8, 4) is 0 Å². The van der Waals surface area contributed by atoms with Crippen LogP contribution in [0, 0.1) is 5.92 Å². The molecular weight excluding hydrogens is 240 g/mol. The molecule has 14 heavy (non-hydrogen) atoms. The van der Waals surface area contributed by atoms with E-state index in [1.807, 2.05) is 18.3 Å². The highest BCUT2D eigenvalue weighted by Gasteiger charge is 2.08. The van der Waals surface area contributed by atoms with E-state index in [0.717, 1.165) is 16.8 Å². The Bertz CT molecular complexity index is 288. The molecule has 0 N–H and O–H groups in total. The highest BCUT2D eigenvalue weighted by atomic mass is 79.9. The lowest BCUT2D eigenvalue weighted by atomic mass is 10.1. The molecule has 0 spiro atoms. The van der Waals surface area contributed by atoms with Crippen LogP contribution in [0.4, 0.5) is 5.82 Å². The van der Waals surface area contributed by atoms with E-state index in [9.17, 15) is 0 Å². The van der Waals surface area contributed by atoms with Crippen LogP contribution in [0.2, 0.25) is 0 Å². The number of halogens is 1. The Morgan fingerprint density at radius 1 is 1.57 bits per heavy atom. The normalized spacial score (nSPS) is 12.6. The van der Waals surface area contributed by atoms with E-state index in [0.29, 0.717) is 5.92 Å². The van der Waals surface area contributed by atoms with E-state index in [4.69, 9.17) is 0 Å². The van der Waals surface area contributed by atoms with Crippen LogP contribution in [0.25, 0.3) is 0 Å². The van der Waals surface area contributed by atoms with Crippen molar-refractivity contribution in [2.75, 3.05) is 18.5 Å². The third-order valence-electron chi connectivity index (χ3n) is 2.38. The number of pyridine rings is 1. The lowest BCUT2D eigenvalue weighted by Gasteiger charge is -2.22. The fraction of sp³-hybridized carbons (Fsp3) is 0.545. The highest BCUT2D eigenvalue weighted by molar-refractivity contribution is 9.10. The molecule has 1 unspecified atom stereocenters. The van der Waals surface area contributed by atoms with Crippen LogP contribution >= 0.6 is 15.9 Å². The first-order chi connectivity index (χ1) is 6.65. The molecule has 0 saturated carbocycles. The van der Waals surface area contributed by atoms with Gasteiger partial charge in [-0.1, -0.05) is 20.3 Å². The molecule has 0 fully saturated rings. The number of nitrogens with zero attached hydrogens (tertiary/aromatic N) is 2. The summed E-state index contributed by atoms with van der Waals surface area (Å²) < 4.78 is 1.06. The molecule has 1 aromatic heterocycles. The third-order valence-corrected chi connectivity index (χ3v) is 3.00. The van der Waals surface area contributed by atoms with Crippen molar-refractivity contribution in [2.45, 2.75) is 20.3 Å². The topological polar surface area (TPSA) is 16.1 Å². The zero-order chi connectivity index (χ0) is 10.6. The van der Waals surface area contributed by atoms with Crippen LogP contribution in [0.1, 0.15) is 20.3 Å². The van der Waals surface area contributed by atoms with E-state index in [2.05, 4.69) is 46.7 Å². The number of hydrogen-bond acceptors (Lipinski definition) is 2. The zero-order valence-corrected chi connectivity index (χ0v) is 10.6. The molecule has 0 bridgehead atoms. The van der Waals surface area contributed by atoms with Gasteiger partial charge in [0.1, 0.15) is 5.82 Å². The number of aromatic nitrogens is 1. The predicted molar refractivity (Wildman–Crippen MR) is 64.7 cm³/mol. The molecule has 1 aromatic rings. The summed E-state index contributed by atoms with van der Waals surface area (Å²) in [4.78, 5) is 6.54. The minimum absolute atomic E-state index is 0.703. The summed E-state index contributed by atoms with van der Waals surface area (Å²) in [6, 6.07) is 3.96. The van der Waals surface area contributed by atoms with Gasteiger partial charge in [-0.2, -0.15) is 0 Å². The van der Waals surface area contributed by atoms with Crippen LogP contribution in [-0.4, -0.2) is 18.6 Å². The molecule has 1 rings (SSSR count). The second kappa shape index (κ2) is 5.35. The van der Waals surface area contributed by atoms with Gasteiger partial charge in [-0.05, 0) is 34.0 Å². The number of anilines is 1. The quantitative estimate of drug-likeness (QED) is 0.822. The smallest absolute Gasteiger partial charge is 0.142 e. The van der Waals surface area contributed by atoms with Gasteiger partial charge in [0.25, 0.3) is 0 Å². The number of rotatable bonds is 4. The van der Waals surface area contributed by atoms with Crippen molar-refractivity contribution in [1.29, 1.82) is 0 Å². The van der Waals surface area contributed by atoms with Gasteiger partial charge in [0.05, 0.1) is 4.47 Å². The maximum atomic E-state index is 4.34. The first kappa shape index (κ1) is 11.5. The van der Waals surface area contributed by atoms with Crippen molar-refractivity contribution in [3.63, 3.8) is 0 Å². The largest absolute Gasteiger partial charge is 0.358 e. The van der Waals surface area contributed by atoms with E-state index >= 15 is 0 Å². The van der Waals surface area contributed by atoms with Gasteiger partial charge >= 0.3 is 0 Å². The monoisotopic (exact) mass is 256 g/mol. The molecule has 1 atom stereocenters. The van der Waals surface area contributed by atoms with Crippen molar-refractivity contribution < 1.29 is 0 Å². The Kier molecular flexibility index (Phi) is 4.39. The Morgan fingerprint density at radius 2 is 2.29 bits per heavy atom. The summed E-state index contributed by atoms with van der Waals surface area (Å²) in [7, 11) is 2.08. The van der Waals surface area contributed by atoms with Crippen molar-refractivity contribution in [2.24, 2.45) is 5.92 Å². The average Bonchev–Trinajstić information content (AvgIpc) is 2.18. The second-order valence-electron chi connectivity index (χ2n) is 3.70. The van der Waals surface area contributed by atoms with E-state index in [-0.39, 0.29) is 0 Å². The molecular formula is C11H17BrN2. The lowest BCUT2D eigenvalue weighted by Crippen LogP contribution is -2.24. The zero-order valence-electron chi connectivity index (χ0n) is 9.00. The molecule has 0 saturated heterocycles. The minimum atomic E-state index is 0.703. The van der Waals surface area contributed by atoms with Crippen LogP contribution in [-0.2, 0) is 0 Å². The summed E-state index contributed by atoms with van der Waals surface area (Å²) in [6.07, 6.45) is 3.03. The van der Waals surface area contributed by atoms with Crippen LogP contribution < -0.4 is 4.90 Å². The van der Waals surface area contributed by atoms with Gasteiger partial charge in [-0.25, -0.2) is 4.98 Å². The molecule has 1 heterocycles. The Labute approximate surface area is 94.5 Å². The maximum Gasteiger partial charge on any atom is 0.142 e. The molecule has 2 nitrogen and oxygen atoms in total. The van der Waals surface area contributed by atoms with Crippen LogP contribution in [0.15, 0.2) is 22.8 Å². The molecule has 0 aliphatic rings. The highest BCUT2D eigenvalue weighted by Crippen LogP contribution is 2.22. The molecule has 0 aromatic carbocycles. The first-order valence-electron chi connectivity index (χ1n) is 4.96. The molecule has 0 radical (unpaired) electrons. The van der Waals surface area contributed by atoms with E-state index in [1.54, 1.807) is 0 Å². The van der Waals surface area contributed by atoms with Crippen LogP contribution in [0.3, 0.4) is 0 Å². The summed E-state index contributed by atoms with van der Waals surface area (Å²) in [5, 5.41) is 0. The van der Waals surface area contributed by atoms with Gasteiger partial charge in [-0.3, -0.25) is 0 Å². The standard InChI is InChI=1S/C11H17BrN2/c1-4-9(2)8-14(3)11-10(12)6-5-7-13-11/h5-7,9H,4,8H2,1-3H3. The fourth-order valence-electron chi connectivity index (χ4n) is 1.34. The predicted octanol–water partition coefficient (Wildman–Crippen LogP) is 3.33. The summed E-state index contributed by atoms with van der Waals surface area (Å²) in [5.41, 5.74) is 0. The van der Waals surface area contributed by atoms with E-state index < -0.39 is 0 Å². The van der Waals surface area contributed by atoms with E-state index in [1.165, 1.54) is 6.42 Å². The Balaban J connectivity index is 2.69. The van der Waals surface area contributed by atoms with Crippen molar-refractivity contribution in [3.05, 3.63) is 22.8 Å². The third kappa shape index (κ3) is 2.98. The summed E-state index contributed by atoms with van der Waals surface area (Å²) in [5.74, 6) is 1.72. The molecule has 0 amide bonds. The summed E-state index contributed by atoms with van der Waals surface area (Å²) in [6.45, 7) is 5.52. The fourth-order valence-corrected chi connectivity index (χ4v) is 1.90. The Hall–Kier alpha value is -0.570. The van der Waals surface area contributed by atoms with Gasteiger partial charge in [-0.15, -0.1) is 0 Å². The molecule has 3 heteroatoms. The lowest BCUT2D eigenvalue weighted by molar-refractivity contribution is 0.557. The summed E-state index contributed by atoms with van der Waals surface area (Å²) >= 11 is 3.50. The van der Waals surface area contributed by atoms with Gasteiger partial charge < -0.3 is 4.90 Å². The first-order valence-corrected chi connectivity index (χ1v) is 5.76. The van der Waals surface area contributed by atoms with Crippen molar-refractivity contribution >= 4 is 21.7 Å². The average molecular weight is 257 g/mol.